The number of nitrogens with one attached hydrogen (secondary N) is 1. The summed E-state index contributed by atoms with van der Waals surface area (Å²) in [4.78, 5) is 0. The molecule has 0 fully saturated rings. The molecule has 0 saturated heterocycles. The van der Waals surface area contributed by atoms with Crippen LogP contribution in [-0.2, 0) is 23.0 Å². The van der Waals surface area contributed by atoms with Crippen LogP contribution in [0.25, 0.3) is 0 Å². The Bertz CT molecular complexity index is 652. The van der Waals surface area contributed by atoms with Gasteiger partial charge in [-0.15, -0.1) is 0 Å². The lowest BCUT2D eigenvalue weighted by molar-refractivity contribution is 0.468. The molecule has 0 bridgehead atoms. The maximum absolute atomic E-state index is 12.4. The standard InChI is InChI=1S/C13H18N4O2S/c1-17(8-7-11-5-3-2-4-6-11)20(18,19)13-12(9-14)10-15-16-13/h2-6,10H,7-9,14H2,1H3,(H,15,16). The molecule has 0 unspecified atom stereocenters. The summed E-state index contributed by atoms with van der Waals surface area (Å²) in [5.41, 5.74) is 7.11. The van der Waals surface area contributed by atoms with E-state index in [1.807, 2.05) is 30.3 Å². The smallest absolute Gasteiger partial charge is 0.260 e. The van der Waals surface area contributed by atoms with Gasteiger partial charge in [0.25, 0.3) is 10.0 Å². The molecular weight excluding hydrogens is 276 g/mol. The number of rotatable bonds is 6. The van der Waals surface area contributed by atoms with E-state index in [1.165, 1.54) is 10.5 Å². The lowest BCUT2D eigenvalue weighted by Crippen LogP contribution is -2.30. The van der Waals surface area contributed by atoms with Crippen molar-refractivity contribution in [3.05, 3.63) is 47.7 Å². The Labute approximate surface area is 118 Å². The molecule has 108 valence electrons. The van der Waals surface area contributed by atoms with Gasteiger partial charge in [0.1, 0.15) is 0 Å². The molecule has 0 amide bonds. The average Bonchev–Trinajstić information content (AvgIpc) is 2.95. The van der Waals surface area contributed by atoms with Gasteiger partial charge in [-0.3, -0.25) is 5.10 Å². The first-order valence-corrected chi connectivity index (χ1v) is 7.72. The normalized spacial score (nSPS) is 11.9. The molecule has 0 aliphatic heterocycles. The van der Waals surface area contributed by atoms with Crippen LogP contribution in [0.5, 0.6) is 0 Å². The minimum absolute atomic E-state index is 0.0792. The first-order valence-electron chi connectivity index (χ1n) is 6.28. The highest BCUT2D eigenvalue weighted by atomic mass is 32.2. The van der Waals surface area contributed by atoms with Gasteiger partial charge in [-0.2, -0.15) is 9.40 Å². The fraction of sp³-hybridized carbons (Fsp3) is 0.308. The first-order chi connectivity index (χ1) is 9.55. The van der Waals surface area contributed by atoms with Crippen molar-refractivity contribution in [3.8, 4) is 0 Å². The van der Waals surface area contributed by atoms with Crippen LogP contribution in [0.2, 0.25) is 0 Å². The summed E-state index contributed by atoms with van der Waals surface area (Å²) < 4.78 is 26.1. The van der Waals surface area contributed by atoms with Crippen molar-refractivity contribution in [2.45, 2.75) is 18.0 Å². The Kier molecular flexibility index (Phi) is 4.53. The van der Waals surface area contributed by atoms with Gasteiger partial charge < -0.3 is 5.73 Å². The summed E-state index contributed by atoms with van der Waals surface area (Å²) in [6, 6.07) is 9.75. The zero-order valence-electron chi connectivity index (χ0n) is 11.3. The van der Waals surface area contributed by atoms with Crippen molar-refractivity contribution in [1.82, 2.24) is 14.5 Å². The van der Waals surface area contributed by atoms with Crippen LogP contribution in [0.15, 0.2) is 41.6 Å². The lowest BCUT2D eigenvalue weighted by Gasteiger charge is -2.16. The van der Waals surface area contributed by atoms with Crippen molar-refractivity contribution in [3.63, 3.8) is 0 Å². The molecule has 0 saturated carbocycles. The highest BCUT2D eigenvalue weighted by Gasteiger charge is 2.25. The van der Waals surface area contributed by atoms with E-state index in [0.29, 0.717) is 18.5 Å². The summed E-state index contributed by atoms with van der Waals surface area (Å²) in [5.74, 6) is 0. The van der Waals surface area contributed by atoms with Gasteiger partial charge in [0.2, 0.25) is 0 Å². The van der Waals surface area contributed by atoms with Gasteiger partial charge in [0.05, 0.1) is 6.20 Å². The molecule has 3 N–H and O–H groups in total. The van der Waals surface area contributed by atoms with Crippen LogP contribution in [0.1, 0.15) is 11.1 Å². The molecule has 0 atom stereocenters. The van der Waals surface area contributed by atoms with E-state index >= 15 is 0 Å². The monoisotopic (exact) mass is 294 g/mol. The van der Waals surface area contributed by atoms with E-state index in [9.17, 15) is 8.42 Å². The third-order valence-corrected chi connectivity index (χ3v) is 5.00. The molecule has 0 spiro atoms. The predicted molar refractivity (Wildman–Crippen MR) is 76.4 cm³/mol. The zero-order chi connectivity index (χ0) is 14.6. The minimum Gasteiger partial charge on any atom is -0.326 e. The zero-order valence-corrected chi connectivity index (χ0v) is 12.1. The number of likely N-dealkylation sites (N-methyl/N-ethyl adjacent to an activating group) is 1. The van der Waals surface area contributed by atoms with Gasteiger partial charge in [0.15, 0.2) is 5.03 Å². The van der Waals surface area contributed by atoms with Crippen LogP contribution in [-0.4, -0.2) is 36.5 Å². The van der Waals surface area contributed by atoms with E-state index in [1.54, 1.807) is 7.05 Å². The van der Waals surface area contributed by atoms with Gasteiger partial charge in [-0.1, -0.05) is 30.3 Å². The molecule has 0 aliphatic carbocycles. The Morgan fingerprint density at radius 3 is 2.65 bits per heavy atom. The Morgan fingerprint density at radius 2 is 2.00 bits per heavy atom. The molecule has 1 heterocycles. The molecule has 2 aromatic rings. The fourth-order valence-corrected chi connectivity index (χ4v) is 3.15. The summed E-state index contributed by atoms with van der Waals surface area (Å²) in [6.07, 6.45) is 2.10. The highest BCUT2D eigenvalue weighted by molar-refractivity contribution is 7.89. The van der Waals surface area contributed by atoms with Gasteiger partial charge in [-0.05, 0) is 12.0 Å². The molecule has 20 heavy (non-hydrogen) atoms. The number of nitrogens with zero attached hydrogens (tertiary/aromatic N) is 2. The SMILES string of the molecule is CN(CCc1ccccc1)S(=O)(=O)c1[nH]ncc1CN. The number of H-pyrrole nitrogens is 1. The summed E-state index contributed by atoms with van der Waals surface area (Å²) in [6.45, 7) is 0.535. The molecule has 6 nitrogen and oxygen atoms in total. The van der Waals surface area contributed by atoms with Crippen LogP contribution < -0.4 is 5.73 Å². The van der Waals surface area contributed by atoms with E-state index in [2.05, 4.69) is 10.2 Å². The van der Waals surface area contributed by atoms with Crippen molar-refractivity contribution >= 4 is 10.0 Å². The lowest BCUT2D eigenvalue weighted by atomic mass is 10.2. The number of nitrogens with two attached hydrogens (primary N) is 1. The summed E-state index contributed by atoms with van der Waals surface area (Å²) in [5, 5.41) is 6.34. The predicted octanol–water partition coefficient (Wildman–Crippen LogP) is 0.732. The molecule has 2 rings (SSSR count). The van der Waals surface area contributed by atoms with Crippen LogP contribution >= 0.6 is 0 Å². The number of aromatic nitrogens is 2. The van der Waals surface area contributed by atoms with E-state index in [-0.39, 0.29) is 11.6 Å². The maximum atomic E-state index is 12.4. The maximum Gasteiger partial charge on any atom is 0.260 e. The van der Waals surface area contributed by atoms with Gasteiger partial charge in [-0.25, -0.2) is 8.42 Å². The number of sulfonamides is 1. The second kappa shape index (κ2) is 6.17. The van der Waals surface area contributed by atoms with Crippen molar-refractivity contribution in [2.75, 3.05) is 13.6 Å². The van der Waals surface area contributed by atoms with Crippen molar-refractivity contribution in [1.29, 1.82) is 0 Å². The van der Waals surface area contributed by atoms with E-state index < -0.39 is 10.0 Å². The van der Waals surface area contributed by atoms with Gasteiger partial charge in [0, 0.05) is 25.7 Å². The average molecular weight is 294 g/mol. The fourth-order valence-electron chi connectivity index (χ4n) is 1.88. The number of hydrogen-bond acceptors (Lipinski definition) is 4. The Morgan fingerprint density at radius 1 is 1.30 bits per heavy atom. The summed E-state index contributed by atoms with van der Waals surface area (Å²) >= 11 is 0. The number of benzene rings is 1. The number of aromatic amines is 1. The minimum atomic E-state index is -3.57. The Hall–Kier alpha value is -1.70. The summed E-state index contributed by atoms with van der Waals surface area (Å²) in [7, 11) is -2.02. The highest BCUT2D eigenvalue weighted by Crippen LogP contribution is 2.16. The molecule has 1 aromatic carbocycles. The molecule has 1 aromatic heterocycles. The van der Waals surface area contributed by atoms with E-state index in [0.717, 1.165) is 5.56 Å². The van der Waals surface area contributed by atoms with Crippen molar-refractivity contribution < 1.29 is 8.42 Å². The molecule has 7 heteroatoms. The van der Waals surface area contributed by atoms with E-state index in [4.69, 9.17) is 5.73 Å². The second-order valence-corrected chi connectivity index (χ2v) is 6.47. The molecular formula is C13H18N4O2S. The molecule has 0 aliphatic rings. The third-order valence-electron chi connectivity index (χ3n) is 3.12. The molecule has 0 radical (unpaired) electrons. The first kappa shape index (κ1) is 14.7. The second-order valence-electron chi connectivity index (χ2n) is 4.49. The largest absolute Gasteiger partial charge is 0.326 e. The van der Waals surface area contributed by atoms with Crippen LogP contribution in [0.4, 0.5) is 0 Å². The number of hydrogen-bond donors (Lipinski definition) is 2. The van der Waals surface area contributed by atoms with Crippen LogP contribution in [0, 0.1) is 0 Å². The Balaban J connectivity index is 2.10. The quantitative estimate of drug-likeness (QED) is 0.821. The van der Waals surface area contributed by atoms with Crippen LogP contribution in [0.3, 0.4) is 0 Å². The van der Waals surface area contributed by atoms with Crippen molar-refractivity contribution in [2.24, 2.45) is 5.73 Å². The van der Waals surface area contributed by atoms with Gasteiger partial charge >= 0.3 is 0 Å². The topological polar surface area (TPSA) is 92.1 Å². The third kappa shape index (κ3) is 3.06.